The molecule has 0 spiro atoms. The van der Waals surface area contributed by atoms with Gasteiger partial charge in [0.25, 0.3) is 5.24 Å². The highest BCUT2D eigenvalue weighted by Crippen LogP contribution is 2.21. The number of piperidine rings is 1. The van der Waals surface area contributed by atoms with Gasteiger partial charge in [-0.05, 0) is 25.0 Å². The summed E-state index contributed by atoms with van der Waals surface area (Å²) >= 11 is 1.31. The number of anilines is 1. The van der Waals surface area contributed by atoms with Gasteiger partial charge < -0.3 is 15.1 Å². The van der Waals surface area contributed by atoms with E-state index in [4.69, 9.17) is 0 Å². The monoisotopic (exact) mass is 361 g/mol. The molecule has 2 heterocycles. The SMILES string of the molecule is O=C(Nc1ccccc1)C1CCN(C(=O)CCN2CCSC2=O)CC1. The van der Waals surface area contributed by atoms with Crippen molar-refractivity contribution in [3.8, 4) is 0 Å². The van der Waals surface area contributed by atoms with E-state index in [0.29, 0.717) is 38.9 Å². The predicted octanol–water partition coefficient (Wildman–Crippen LogP) is 2.42. The van der Waals surface area contributed by atoms with Crippen molar-refractivity contribution in [2.75, 3.05) is 37.2 Å². The quantitative estimate of drug-likeness (QED) is 0.874. The van der Waals surface area contributed by atoms with Crippen LogP contribution in [0.25, 0.3) is 0 Å². The zero-order valence-corrected chi connectivity index (χ0v) is 15.0. The van der Waals surface area contributed by atoms with E-state index in [1.807, 2.05) is 35.2 Å². The largest absolute Gasteiger partial charge is 0.343 e. The molecular weight excluding hydrogens is 338 g/mol. The summed E-state index contributed by atoms with van der Waals surface area (Å²) in [5.74, 6) is 0.861. The molecule has 1 aromatic carbocycles. The summed E-state index contributed by atoms with van der Waals surface area (Å²) in [4.78, 5) is 39.7. The van der Waals surface area contributed by atoms with Crippen LogP contribution < -0.4 is 5.32 Å². The van der Waals surface area contributed by atoms with E-state index in [1.54, 1.807) is 4.90 Å². The molecular formula is C18H23N3O3S. The van der Waals surface area contributed by atoms with Crippen LogP contribution in [0.5, 0.6) is 0 Å². The average molecular weight is 361 g/mol. The summed E-state index contributed by atoms with van der Waals surface area (Å²) in [5.41, 5.74) is 0.805. The molecule has 0 aliphatic carbocycles. The van der Waals surface area contributed by atoms with E-state index < -0.39 is 0 Å². The van der Waals surface area contributed by atoms with E-state index in [9.17, 15) is 14.4 Å². The van der Waals surface area contributed by atoms with E-state index in [1.165, 1.54) is 11.8 Å². The first-order chi connectivity index (χ1) is 12.1. The van der Waals surface area contributed by atoms with Gasteiger partial charge in [-0.3, -0.25) is 14.4 Å². The number of nitrogens with zero attached hydrogens (tertiary/aromatic N) is 2. The lowest BCUT2D eigenvalue weighted by atomic mass is 9.95. The summed E-state index contributed by atoms with van der Waals surface area (Å²) in [6.45, 7) is 2.44. The van der Waals surface area contributed by atoms with Crippen LogP contribution in [0.1, 0.15) is 19.3 Å². The minimum absolute atomic E-state index is 0.0259. The number of likely N-dealkylation sites (tertiary alicyclic amines) is 1. The van der Waals surface area contributed by atoms with Crippen molar-refractivity contribution in [2.45, 2.75) is 19.3 Å². The van der Waals surface area contributed by atoms with E-state index in [2.05, 4.69) is 5.32 Å². The summed E-state index contributed by atoms with van der Waals surface area (Å²) in [7, 11) is 0. The van der Waals surface area contributed by atoms with Crippen LogP contribution in [0.4, 0.5) is 10.5 Å². The first-order valence-electron chi connectivity index (χ1n) is 8.69. The maximum absolute atomic E-state index is 12.3. The molecule has 0 radical (unpaired) electrons. The Morgan fingerprint density at radius 2 is 1.84 bits per heavy atom. The van der Waals surface area contributed by atoms with Crippen molar-refractivity contribution in [1.82, 2.24) is 9.80 Å². The Morgan fingerprint density at radius 3 is 2.48 bits per heavy atom. The summed E-state index contributed by atoms with van der Waals surface area (Å²) in [6.07, 6.45) is 1.74. The minimum Gasteiger partial charge on any atom is -0.343 e. The van der Waals surface area contributed by atoms with E-state index in [0.717, 1.165) is 18.0 Å². The van der Waals surface area contributed by atoms with Gasteiger partial charge in [-0.15, -0.1) is 0 Å². The Labute approximate surface area is 151 Å². The van der Waals surface area contributed by atoms with Crippen LogP contribution >= 0.6 is 11.8 Å². The van der Waals surface area contributed by atoms with Gasteiger partial charge in [0.2, 0.25) is 11.8 Å². The van der Waals surface area contributed by atoms with E-state index in [-0.39, 0.29) is 23.0 Å². The molecule has 2 aliphatic heterocycles. The van der Waals surface area contributed by atoms with Crippen molar-refractivity contribution < 1.29 is 14.4 Å². The van der Waals surface area contributed by atoms with Crippen LogP contribution in [-0.2, 0) is 9.59 Å². The molecule has 0 unspecified atom stereocenters. The third-order valence-electron chi connectivity index (χ3n) is 4.70. The molecule has 0 bridgehead atoms. The molecule has 0 saturated carbocycles. The second-order valence-electron chi connectivity index (χ2n) is 6.36. The average Bonchev–Trinajstić information content (AvgIpc) is 3.05. The van der Waals surface area contributed by atoms with E-state index >= 15 is 0 Å². The number of rotatable bonds is 5. The third-order valence-corrected chi connectivity index (χ3v) is 5.59. The van der Waals surface area contributed by atoms with Crippen molar-refractivity contribution >= 4 is 34.5 Å². The number of benzene rings is 1. The second kappa shape index (κ2) is 8.38. The summed E-state index contributed by atoms with van der Waals surface area (Å²) in [5, 5.41) is 3.01. The lowest BCUT2D eigenvalue weighted by Crippen LogP contribution is -2.42. The van der Waals surface area contributed by atoms with Gasteiger partial charge in [-0.1, -0.05) is 30.0 Å². The molecule has 1 N–H and O–H groups in total. The van der Waals surface area contributed by atoms with Crippen LogP contribution in [-0.4, -0.2) is 58.8 Å². The van der Waals surface area contributed by atoms with Gasteiger partial charge in [0.05, 0.1) is 0 Å². The first kappa shape index (κ1) is 17.8. The number of carbonyl (C=O) groups excluding carboxylic acids is 3. The standard InChI is InChI=1S/C18H23N3O3S/c22-16(8-11-21-12-13-25-18(21)24)20-9-6-14(7-10-20)17(23)19-15-4-2-1-3-5-15/h1-5,14H,6-13H2,(H,19,23). The lowest BCUT2D eigenvalue weighted by Gasteiger charge is -2.31. The van der Waals surface area contributed by atoms with Gasteiger partial charge >= 0.3 is 0 Å². The first-order valence-corrected chi connectivity index (χ1v) is 9.67. The van der Waals surface area contributed by atoms with Crippen LogP contribution in [0.15, 0.2) is 30.3 Å². The number of hydrogen-bond donors (Lipinski definition) is 1. The molecule has 25 heavy (non-hydrogen) atoms. The van der Waals surface area contributed by atoms with Crippen molar-refractivity contribution in [3.63, 3.8) is 0 Å². The molecule has 3 amide bonds. The molecule has 3 rings (SSSR count). The maximum atomic E-state index is 12.3. The summed E-state index contributed by atoms with van der Waals surface area (Å²) < 4.78 is 0. The van der Waals surface area contributed by atoms with Crippen molar-refractivity contribution in [1.29, 1.82) is 0 Å². The fourth-order valence-corrected chi connectivity index (χ4v) is 4.03. The number of thioether (sulfide) groups is 1. The third kappa shape index (κ3) is 4.75. The van der Waals surface area contributed by atoms with Gasteiger partial charge in [-0.25, -0.2) is 0 Å². The fraction of sp³-hybridized carbons (Fsp3) is 0.500. The molecule has 2 saturated heterocycles. The topological polar surface area (TPSA) is 69.7 Å². The minimum atomic E-state index is -0.0548. The van der Waals surface area contributed by atoms with Gasteiger partial charge in [0, 0.05) is 50.0 Å². The van der Waals surface area contributed by atoms with Gasteiger partial charge in [0.1, 0.15) is 0 Å². The number of carbonyl (C=O) groups is 3. The molecule has 1 aromatic rings. The van der Waals surface area contributed by atoms with Crippen molar-refractivity contribution in [2.24, 2.45) is 5.92 Å². The predicted molar refractivity (Wildman–Crippen MR) is 98.4 cm³/mol. The highest BCUT2D eigenvalue weighted by molar-refractivity contribution is 8.13. The van der Waals surface area contributed by atoms with Crippen LogP contribution in [0, 0.1) is 5.92 Å². The lowest BCUT2D eigenvalue weighted by molar-refractivity contribution is -0.134. The van der Waals surface area contributed by atoms with Crippen molar-refractivity contribution in [3.05, 3.63) is 30.3 Å². The van der Waals surface area contributed by atoms with Crippen LogP contribution in [0.3, 0.4) is 0 Å². The second-order valence-corrected chi connectivity index (χ2v) is 7.41. The Balaban J connectivity index is 1.41. The normalized spacial score (nSPS) is 18.5. The number of hydrogen-bond acceptors (Lipinski definition) is 4. The molecule has 6 nitrogen and oxygen atoms in total. The highest BCUT2D eigenvalue weighted by Gasteiger charge is 2.28. The highest BCUT2D eigenvalue weighted by atomic mass is 32.2. The molecule has 7 heteroatoms. The van der Waals surface area contributed by atoms with Gasteiger partial charge in [-0.2, -0.15) is 0 Å². The molecule has 0 aromatic heterocycles. The Bertz CT molecular complexity index is 630. The maximum Gasteiger partial charge on any atom is 0.281 e. The molecule has 134 valence electrons. The Morgan fingerprint density at radius 1 is 1.12 bits per heavy atom. The van der Waals surface area contributed by atoms with Gasteiger partial charge in [0.15, 0.2) is 0 Å². The Hall–Kier alpha value is -2.02. The molecule has 0 atom stereocenters. The number of amides is 3. The number of nitrogens with one attached hydrogen (secondary N) is 1. The zero-order valence-electron chi connectivity index (χ0n) is 14.1. The smallest absolute Gasteiger partial charge is 0.281 e. The Kier molecular flexibility index (Phi) is 5.96. The number of para-hydroxylation sites is 1. The summed E-state index contributed by atoms with van der Waals surface area (Å²) in [6, 6.07) is 9.43. The molecule has 2 aliphatic rings. The fourth-order valence-electron chi connectivity index (χ4n) is 3.17. The van der Waals surface area contributed by atoms with Crippen LogP contribution in [0.2, 0.25) is 0 Å². The zero-order chi connectivity index (χ0) is 17.6. The molecule has 2 fully saturated rings.